The van der Waals surface area contributed by atoms with Crippen LogP contribution in [0.4, 0.5) is 0 Å². The molecule has 0 aliphatic rings. The first-order valence-corrected chi connectivity index (χ1v) is 4.52. The van der Waals surface area contributed by atoms with E-state index in [0.29, 0.717) is 6.42 Å². The predicted molar refractivity (Wildman–Crippen MR) is 53.7 cm³/mol. The summed E-state index contributed by atoms with van der Waals surface area (Å²) in [5, 5.41) is 2.52. The van der Waals surface area contributed by atoms with Crippen LogP contribution in [0.15, 0.2) is 12.2 Å². The molecular weight excluding hydrogens is 182 g/mol. The van der Waals surface area contributed by atoms with Crippen LogP contribution in [0.3, 0.4) is 0 Å². The molecule has 0 saturated carbocycles. The molecule has 1 N–H and O–H groups in total. The molecular formula is C10H17NO3. The van der Waals surface area contributed by atoms with E-state index in [9.17, 15) is 9.59 Å². The standard InChI is InChI=1S/C10H17NO3/c1-5-7(2)6-9(10(13)14-4)11-8(3)12/h9H,2,5-6H2,1,3-4H3,(H,11,12)/t9-/m1/s1. The van der Waals surface area contributed by atoms with E-state index in [2.05, 4.69) is 16.6 Å². The maximum absolute atomic E-state index is 11.2. The van der Waals surface area contributed by atoms with Gasteiger partial charge in [0.25, 0.3) is 0 Å². The third-order valence-electron chi connectivity index (χ3n) is 1.86. The molecule has 0 radical (unpaired) electrons. The lowest BCUT2D eigenvalue weighted by molar-refractivity contribution is -0.144. The summed E-state index contributed by atoms with van der Waals surface area (Å²) in [7, 11) is 1.30. The van der Waals surface area contributed by atoms with E-state index in [1.165, 1.54) is 14.0 Å². The van der Waals surface area contributed by atoms with Crippen molar-refractivity contribution >= 4 is 11.9 Å². The van der Waals surface area contributed by atoms with Crippen LogP contribution in [0, 0.1) is 0 Å². The van der Waals surface area contributed by atoms with Crippen molar-refractivity contribution in [3.63, 3.8) is 0 Å². The van der Waals surface area contributed by atoms with Crippen LogP contribution in [0.5, 0.6) is 0 Å². The summed E-state index contributed by atoms with van der Waals surface area (Å²) in [6, 6.07) is -0.607. The van der Waals surface area contributed by atoms with E-state index in [4.69, 9.17) is 0 Å². The quantitative estimate of drug-likeness (QED) is 0.531. The van der Waals surface area contributed by atoms with Crippen LogP contribution in [0.25, 0.3) is 0 Å². The van der Waals surface area contributed by atoms with Crippen LogP contribution >= 0.6 is 0 Å². The number of carbonyl (C=O) groups is 2. The summed E-state index contributed by atoms with van der Waals surface area (Å²) in [4.78, 5) is 22.0. The molecule has 0 aliphatic heterocycles. The molecule has 0 saturated heterocycles. The highest BCUT2D eigenvalue weighted by Crippen LogP contribution is 2.08. The Kier molecular flexibility index (Phi) is 5.60. The summed E-state index contributed by atoms with van der Waals surface area (Å²) in [5.41, 5.74) is 0.911. The molecule has 0 aliphatic carbocycles. The zero-order valence-corrected chi connectivity index (χ0v) is 8.92. The van der Waals surface area contributed by atoms with Gasteiger partial charge in [0.15, 0.2) is 0 Å². The zero-order chi connectivity index (χ0) is 11.1. The molecule has 0 aromatic rings. The number of hydrogen-bond acceptors (Lipinski definition) is 3. The van der Waals surface area contributed by atoms with Gasteiger partial charge in [-0.2, -0.15) is 0 Å². The van der Waals surface area contributed by atoms with Crippen molar-refractivity contribution in [2.45, 2.75) is 32.7 Å². The molecule has 0 spiro atoms. The van der Waals surface area contributed by atoms with Crippen LogP contribution in [-0.4, -0.2) is 25.0 Å². The Morgan fingerprint density at radius 2 is 2.07 bits per heavy atom. The Morgan fingerprint density at radius 1 is 1.50 bits per heavy atom. The Labute approximate surface area is 84.3 Å². The van der Waals surface area contributed by atoms with Crippen LogP contribution < -0.4 is 5.32 Å². The van der Waals surface area contributed by atoms with E-state index in [-0.39, 0.29) is 5.91 Å². The van der Waals surface area contributed by atoms with Gasteiger partial charge in [0.1, 0.15) is 6.04 Å². The van der Waals surface area contributed by atoms with E-state index in [0.717, 1.165) is 12.0 Å². The van der Waals surface area contributed by atoms with Crippen molar-refractivity contribution in [1.82, 2.24) is 5.32 Å². The second-order valence-corrected chi connectivity index (χ2v) is 3.08. The van der Waals surface area contributed by atoms with Crippen LogP contribution in [0.1, 0.15) is 26.7 Å². The van der Waals surface area contributed by atoms with E-state index in [1.807, 2.05) is 6.92 Å². The van der Waals surface area contributed by atoms with E-state index in [1.54, 1.807) is 0 Å². The molecule has 0 aromatic carbocycles. The fraction of sp³-hybridized carbons (Fsp3) is 0.600. The first-order chi connectivity index (χ1) is 6.51. The highest BCUT2D eigenvalue weighted by atomic mass is 16.5. The largest absolute Gasteiger partial charge is 0.467 e. The van der Waals surface area contributed by atoms with Gasteiger partial charge < -0.3 is 10.1 Å². The Balaban J connectivity index is 4.31. The van der Waals surface area contributed by atoms with Gasteiger partial charge in [0.2, 0.25) is 5.91 Å². The third-order valence-corrected chi connectivity index (χ3v) is 1.86. The lowest BCUT2D eigenvalue weighted by atomic mass is 10.1. The van der Waals surface area contributed by atoms with Crippen molar-refractivity contribution in [1.29, 1.82) is 0 Å². The molecule has 0 aromatic heterocycles. The molecule has 1 amide bonds. The minimum atomic E-state index is -0.607. The Hall–Kier alpha value is -1.32. The number of esters is 1. The van der Waals surface area contributed by atoms with Gasteiger partial charge in [-0.3, -0.25) is 4.79 Å². The number of methoxy groups -OCH3 is 1. The smallest absolute Gasteiger partial charge is 0.328 e. The molecule has 80 valence electrons. The average Bonchev–Trinajstić information content (AvgIpc) is 2.14. The molecule has 0 bridgehead atoms. The molecule has 0 rings (SSSR count). The van der Waals surface area contributed by atoms with Gasteiger partial charge in [-0.15, -0.1) is 0 Å². The van der Waals surface area contributed by atoms with Gasteiger partial charge >= 0.3 is 5.97 Å². The minimum Gasteiger partial charge on any atom is -0.467 e. The lowest BCUT2D eigenvalue weighted by Crippen LogP contribution is -2.40. The van der Waals surface area contributed by atoms with Gasteiger partial charge in [-0.1, -0.05) is 19.1 Å². The van der Waals surface area contributed by atoms with Crippen LogP contribution in [-0.2, 0) is 14.3 Å². The predicted octanol–water partition coefficient (Wildman–Crippen LogP) is 1.02. The normalized spacial score (nSPS) is 11.6. The molecule has 0 unspecified atom stereocenters. The molecule has 4 nitrogen and oxygen atoms in total. The summed E-state index contributed by atoms with van der Waals surface area (Å²) in [6.45, 7) is 7.09. The second kappa shape index (κ2) is 6.18. The van der Waals surface area contributed by atoms with Crippen molar-refractivity contribution in [2.24, 2.45) is 0 Å². The second-order valence-electron chi connectivity index (χ2n) is 3.08. The van der Waals surface area contributed by atoms with E-state index < -0.39 is 12.0 Å². The Morgan fingerprint density at radius 3 is 2.43 bits per heavy atom. The SMILES string of the molecule is C=C(CC)C[C@@H](NC(C)=O)C(=O)OC. The number of carbonyl (C=O) groups excluding carboxylic acids is 2. The average molecular weight is 199 g/mol. The van der Waals surface area contributed by atoms with Gasteiger partial charge in [0, 0.05) is 6.92 Å². The number of nitrogens with one attached hydrogen (secondary N) is 1. The monoisotopic (exact) mass is 199 g/mol. The van der Waals surface area contributed by atoms with Gasteiger partial charge in [-0.05, 0) is 12.8 Å². The highest BCUT2D eigenvalue weighted by Gasteiger charge is 2.20. The molecule has 0 fully saturated rings. The summed E-state index contributed by atoms with van der Waals surface area (Å²) in [5.74, 6) is -0.681. The van der Waals surface area contributed by atoms with E-state index >= 15 is 0 Å². The van der Waals surface area contributed by atoms with Gasteiger partial charge in [0.05, 0.1) is 7.11 Å². The number of hydrogen-bond donors (Lipinski definition) is 1. The zero-order valence-electron chi connectivity index (χ0n) is 8.92. The number of ether oxygens (including phenoxy) is 1. The lowest BCUT2D eigenvalue weighted by Gasteiger charge is -2.15. The van der Waals surface area contributed by atoms with Crippen LogP contribution in [0.2, 0.25) is 0 Å². The maximum Gasteiger partial charge on any atom is 0.328 e. The first-order valence-electron chi connectivity index (χ1n) is 4.52. The topological polar surface area (TPSA) is 55.4 Å². The summed E-state index contributed by atoms with van der Waals surface area (Å²) >= 11 is 0. The minimum absolute atomic E-state index is 0.246. The van der Waals surface area contributed by atoms with Crippen molar-refractivity contribution in [2.75, 3.05) is 7.11 Å². The summed E-state index contributed by atoms with van der Waals surface area (Å²) < 4.78 is 4.56. The molecule has 14 heavy (non-hydrogen) atoms. The van der Waals surface area contributed by atoms with Crippen molar-refractivity contribution in [3.8, 4) is 0 Å². The maximum atomic E-state index is 11.2. The summed E-state index contributed by atoms with van der Waals surface area (Å²) in [6.07, 6.45) is 1.22. The fourth-order valence-electron chi connectivity index (χ4n) is 1.01. The van der Waals surface area contributed by atoms with Crippen molar-refractivity contribution in [3.05, 3.63) is 12.2 Å². The molecule has 0 heterocycles. The molecule has 1 atom stereocenters. The van der Waals surface area contributed by atoms with Crippen molar-refractivity contribution < 1.29 is 14.3 Å². The van der Waals surface area contributed by atoms with Gasteiger partial charge in [-0.25, -0.2) is 4.79 Å². The number of rotatable bonds is 5. The molecule has 4 heteroatoms. The third kappa shape index (κ3) is 4.64. The number of amides is 1. The first kappa shape index (κ1) is 12.7. The highest BCUT2D eigenvalue weighted by molar-refractivity contribution is 5.83. The Bertz CT molecular complexity index is 236. The fourth-order valence-corrected chi connectivity index (χ4v) is 1.01.